The molecule has 0 unspecified atom stereocenters. The molecule has 0 saturated carbocycles. The van der Waals surface area contributed by atoms with Gasteiger partial charge in [-0.05, 0) is 25.9 Å². The van der Waals surface area contributed by atoms with Gasteiger partial charge in [-0.2, -0.15) is 0 Å². The monoisotopic (exact) mass is 232 g/mol. The molecule has 0 aromatic carbocycles. The van der Waals surface area contributed by atoms with E-state index in [-0.39, 0.29) is 12.5 Å². The molecule has 15 heavy (non-hydrogen) atoms. The molecule has 5 nitrogen and oxygen atoms in total. The number of carboxylic acids is 1. The lowest BCUT2D eigenvalue weighted by Gasteiger charge is -2.21. The van der Waals surface area contributed by atoms with E-state index >= 15 is 0 Å². The van der Waals surface area contributed by atoms with Crippen LogP contribution in [0.3, 0.4) is 0 Å². The van der Waals surface area contributed by atoms with Crippen molar-refractivity contribution in [1.82, 2.24) is 10.6 Å². The van der Waals surface area contributed by atoms with E-state index in [0.29, 0.717) is 11.0 Å². The molecule has 6 heteroatoms. The molecule has 0 aliphatic carbocycles. The smallest absolute Gasteiger partial charge is 0.322 e. The number of rotatable bonds is 5. The maximum absolute atomic E-state index is 11.2. The van der Waals surface area contributed by atoms with Gasteiger partial charge in [-0.25, -0.2) is 0 Å². The summed E-state index contributed by atoms with van der Waals surface area (Å²) in [7, 11) is 0. The van der Waals surface area contributed by atoms with Crippen LogP contribution in [0.4, 0.5) is 0 Å². The number of carbonyl (C=O) groups excluding carboxylic acids is 1. The molecule has 1 rings (SSSR count). The highest BCUT2D eigenvalue weighted by Gasteiger charge is 2.14. The summed E-state index contributed by atoms with van der Waals surface area (Å²) < 4.78 is 0. The first-order valence-corrected chi connectivity index (χ1v) is 6.04. The molecular weight excluding hydrogens is 216 g/mol. The quantitative estimate of drug-likeness (QED) is 0.605. The third kappa shape index (κ3) is 5.64. The van der Waals surface area contributed by atoms with Gasteiger partial charge in [0.25, 0.3) is 0 Å². The second-order valence-corrected chi connectivity index (χ2v) is 4.72. The van der Waals surface area contributed by atoms with Crippen molar-refractivity contribution in [1.29, 1.82) is 0 Å². The Bertz CT molecular complexity index is 229. The van der Waals surface area contributed by atoms with Crippen LogP contribution in [0.2, 0.25) is 0 Å². The lowest BCUT2D eigenvalue weighted by Crippen LogP contribution is -2.33. The summed E-state index contributed by atoms with van der Waals surface area (Å²) in [6, 6.07) is 0. The Morgan fingerprint density at radius 3 is 2.67 bits per heavy atom. The van der Waals surface area contributed by atoms with Crippen molar-refractivity contribution < 1.29 is 14.7 Å². The minimum Gasteiger partial charge on any atom is -0.480 e. The van der Waals surface area contributed by atoms with Gasteiger partial charge in [-0.15, -0.1) is 11.8 Å². The second kappa shape index (κ2) is 6.68. The van der Waals surface area contributed by atoms with Gasteiger partial charge < -0.3 is 15.7 Å². The van der Waals surface area contributed by atoms with E-state index in [2.05, 4.69) is 10.6 Å². The predicted molar refractivity (Wildman–Crippen MR) is 59.0 cm³/mol. The second-order valence-electron chi connectivity index (χ2n) is 3.43. The molecule has 1 amide bonds. The number of thioether (sulfide) groups is 1. The predicted octanol–water partition coefficient (Wildman–Crippen LogP) is -0.328. The zero-order valence-electron chi connectivity index (χ0n) is 8.49. The van der Waals surface area contributed by atoms with Gasteiger partial charge in [-0.3, -0.25) is 9.59 Å². The van der Waals surface area contributed by atoms with E-state index in [4.69, 9.17) is 5.11 Å². The number of carbonyl (C=O) groups is 2. The molecular formula is C9H16N2O3S. The molecule has 1 aliphatic rings. The normalized spacial score (nSPS) is 17.3. The van der Waals surface area contributed by atoms with E-state index in [1.807, 2.05) is 0 Å². The summed E-state index contributed by atoms with van der Waals surface area (Å²) in [6.45, 7) is 1.73. The van der Waals surface area contributed by atoms with Gasteiger partial charge in [0.1, 0.15) is 6.54 Å². The molecule has 1 fully saturated rings. The van der Waals surface area contributed by atoms with Crippen molar-refractivity contribution in [2.75, 3.05) is 25.4 Å². The van der Waals surface area contributed by atoms with Crippen LogP contribution >= 0.6 is 11.8 Å². The number of aliphatic carboxylic acids is 1. The number of hydrogen-bond donors (Lipinski definition) is 3. The van der Waals surface area contributed by atoms with Gasteiger partial charge in [-0.1, -0.05) is 0 Å². The van der Waals surface area contributed by atoms with E-state index in [9.17, 15) is 9.59 Å². The zero-order valence-corrected chi connectivity index (χ0v) is 9.31. The van der Waals surface area contributed by atoms with Crippen LogP contribution in [0.5, 0.6) is 0 Å². The Morgan fingerprint density at radius 1 is 1.40 bits per heavy atom. The topological polar surface area (TPSA) is 78.4 Å². The highest BCUT2D eigenvalue weighted by molar-refractivity contribution is 8.00. The number of piperidine rings is 1. The number of amides is 1. The molecule has 86 valence electrons. The molecule has 0 spiro atoms. The van der Waals surface area contributed by atoms with E-state index in [1.54, 1.807) is 11.8 Å². The summed E-state index contributed by atoms with van der Waals surface area (Å²) in [5.74, 6) is -0.839. The minimum absolute atomic E-state index is 0.194. The maximum Gasteiger partial charge on any atom is 0.322 e. The Balaban J connectivity index is 2.07. The first-order valence-electron chi connectivity index (χ1n) is 4.99. The first-order chi connectivity index (χ1) is 7.18. The van der Waals surface area contributed by atoms with Crippen molar-refractivity contribution in [2.24, 2.45) is 0 Å². The third-order valence-electron chi connectivity index (χ3n) is 2.17. The summed E-state index contributed by atoms with van der Waals surface area (Å²) in [4.78, 5) is 21.4. The van der Waals surface area contributed by atoms with Crippen LogP contribution in [0, 0.1) is 0 Å². The SMILES string of the molecule is O=C(O)CNC(=O)CSC1CCNCC1. The number of nitrogens with one attached hydrogen (secondary N) is 2. The molecule has 1 saturated heterocycles. The van der Waals surface area contributed by atoms with Gasteiger partial charge in [0.15, 0.2) is 0 Å². The fourth-order valence-electron chi connectivity index (χ4n) is 1.38. The van der Waals surface area contributed by atoms with Crippen molar-refractivity contribution in [3.05, 3.63) is 0 Å². The lowest BCUT2D eigenvalue weighted by molar-refractivity contribution is -0.137. The summed E-state index contributed by atoms with van der Waals surface area (Å²) in [5.41, 5.74) is 0. The molecule has 0 radical (unpaired) electrons. The van der Waals surface area contributed by atoms with Gasteiger partial charge in [0.2, 0.25) is 5.91 Å². The Morgan fingerprint density at radius 2 is 2.07 bits per heavy atom. The minimum atomic E-state index is -1.00. The Labute approximate surface area is 93.0 Å². The van der Waals surface area contributed by atoms with Gasteiger partial charge >= 0.3 is 5.97 Å². The van der Waals surface area contributed by atoms with Crippen LogP contribution in [0.15, 0.2) is 0 Å². The van der Waals surface area contributed by atoms with E-state index < -0.39 is 5.97 Å². The average molecular weight is 232 g/mol. The van der Waals surface area contributed by atoms with Gasteiger partial charge in [0, 0.05) is 5.25 Å². The Hall–Kier alpha value is -0.750. The Kier molecular flexibility index (Phi) is 5.49. The molecule has 0 bridgehead atoms. The van der Waals surface area contributed by atoms with Crippen LogP contribution in [0.1, 0.15) is 12.8 Å². The number of hydrogen-bond acceptors (Lipinski definition) is 4. The standard InChI is InChI=1S/C9H16N2O3S/c12-8(11-5-9(13)14)6-15-7-1-3-10-4-2-7/h7,10H,1-6H2,(H,11,12)(H,13,14). The highest BCUT2D eigenvalue weighted by Crippen LogP contribution is 2.19. The van der Waals surface area contributed by atoms with Crippen molar-refractivity contribution in [3.8, 4) is 0 Å². The van der Waals surface area contributed by atoms with Crippen LogP contribution in [-0.4, -0.2) is 47.6 Å². The summed E-state index contributed by atoms with van der Waals surface area (Å²) in [6.07, 6.45) is 2.16. The summed E-state index contributed by atoms with van der Waals surface area (Å²) in [5, 5.41) is 14.5. The van der Waals surface area contributed by atoms with Crippen LogP contribution in [-0.2, 0) is 9.59 Å². The lowest BCUT2D eigenvalue weighted by atomic mass is 10.2. The number of carboxylic acid groups (broad SMARTS) is 1. The van der Waals surface area contributed by atoms with Crippen LogP contribution in [0.25, 0.3) is 0 Å². The summed E-state index contributed by atoms with van der Waals surface area (Å²) >= 11 is 1.61. The molecule has 1 heterocycles. The fourth-order valence-corrected chi connectivity index (χ4v) is 2.44. The molecule has 0 aromatic rings. The third-order valence-corrected chi connectivity index (χ3v) is 3.54. The zero-order chi connectivity index (χ0) is 11.1. The van der Waals surface area contributed by atoms with Crippen molar-refractivity contribution in [2.45, 2.75) is 18.1 Å². The first kappa shape index (κ1) is 12.3. The van der Waals surface area contributed by atoms with E-state index in [1.165, 1.54) is 0 Å². The molecule has 1 aliphatic heterocycles. The largest absolute Gasteiger partial charge is 0.480 e. The molecule has 0 aromatic heterocycles. The van der Waals surface area contributed by atoms with Crippen molar-refractivity contribution in [3.63, 3.8) is 0 Å². The average Bonchev–Trinajstić information content (AvgIpc) is 2.25. The van der Waals surface area contributed by atoms with E-state index in [0.717, 1.165) is 25.9 Å². The molecule has 3 N–H and O–H groups in total. The maximum atomic E-state index is 11.2. The van der Waals surface area contributed by atoms with Gasteiger partial charge in [0.05, 0.1) is 5.75 Å². The van der Waals surface area contributed by atoms with Crippen molar-refractivity contribution >= 4 is 23.6 Å². The van der Waals surface area contributed by atoms with Crippen LogP contribution < -0.4 is 10.6 Å². The molecule has 0 atom stereocenters. The highest BCUT2D eigenvalue weighted by atomic mass is 32.2. The fraction of sp³-hybridized carbons (Fsp3) is 0.778.